The number of hydrogen-bond acceptors (Lipinski definition) is 6. The van der Waals surface area contributed by atoms with E-state index in [-0.39, 0.29) is 18.4 Å². The Kier molecular flexibility index (Phi) is 9.41. The first-order valence-corrected chi connectivity index (χ1v) is 13.6. The van der Waals surface area contributed by atoms with Gasteiger partial charge in [0.05, 0.1) is 20.6 Å². The molecule has 0 saturated carbocycles. The molecule has 1 atom stereocenters. The fraction of sp³-hybridized carbons (Fsp3) is 0.387. The Morgan fingerprint density at radius 3 is 2.59 bits per heavy atom. The van der Waals surface area contributed by atoms with E-state index >= 15 is 0 Å². The van der Waals surface area contributed by atoms with Crippen molar-refractivity contribution in [3.63, 3.8) is 0 Å². The second kappa shape index (κ2) is 13.1. The molecule has 2 aromatic carbocycles. The predicted octanol–water partition coefficient (Wildman–Crippen LogP) is 4.79. The van der Waals surface area contributed by atoms with E-state index in [0.29, 0.717) is 24.5 Å². The molecule has 2 heterocycles. The highest BCUT2D eigenvalue weighted by atomic mass is 16.5. The molecular formula is C31H38N4O4+. The Morgan fingerprint density at radius 1 is 1.03 bits per heavy atom. The number of aryl methyl sites for hydroxylation is 1. The Labute approximate surface area is 229 Å². The van der Waals surface area contributed by atoms with Crippen LogP contribution in [0.4, 0.5) is 0 Å². The topological polar surface area (TPSA) is 107 Å². The van der Waals surface area contributed by atoms with E-state index in [0.717, 1.165) is 70.6 Å². The molecule has 1 aliphatic rings. The van der Waals surface area contributed by atoms with Crippen LogP contribution in [0.2, 0.25) is 0 Å². The molecule has 0 fully saturated rings. The first-order valence-electron chi connectivity index (χ1n) is 13.6. The molecule has 1 aromatic heterocycles. The van der Waals surface area contributed by atoms with Gasteiger partial charge in [-0.05, 0) is 60.7 Å². The minimum absolute atomic E-state index is 0.0766. The number of rotatable bonds is 14. The number of aromatic nitrogens is 1. The number of hydrogen-bond donors (Lipinski definition) is 3. The van der Waals surface area contributed by atoms with Gasteiger partial charge in [-0.25, -0.2) is 5.32 Å². The van der Waals surface area contributed by atoms with E-state index in [2.05, 4.69) is 20.6 Å². The number of unbranched alkanes of at least 4 members (excludes halogenated alkanes) is 2. The summed E-state index contributed by atoms with van der Waals surface area (Å²) in [4.78, 5) is 33.1. The fourth-order valence-corrected chi connectivity index (χ4v) is 4.87. The number of carbonyl (C=O) groups excluding carboxylic acids is 2. The Bertz CT molecular complexity index is 1390. The maximum Gasteiger partial charge on any atom is 0.319 e. The zero-order chi connectivity index (χ0) is 27.8. The summed E-state index contributed by atoms with van der Waals surface area (Å²) in [5.41, 5.74) is 4.71. The van der Waals surface area contributed by atoms with Crippen molar-refractivity contribution in [2.24, 2.45) is 0 Å². The molecule has 4 rings (SSSR count). The maximum atomic E-state index is 13.4. The van der Waals surface area contributed by atoms with Gasteiger partial charge in [-0.15, -0.1) is 0 Å². The van der Waals surface area contributed by atoms with Gasteiger partial charge in [0.2, 0.25) is 5.91 Å². The van der Waals surface area contributed by atoms with E-state index in [1.54, 1.807) is 20.4 Å². The highest BCUT2D eigenvalue weighted by Crippen LogP contribution is 2.27. The number of amides is 1. The van der Waals surface area contributed by atoms with Gasteiger partial charge in [-0.3, -0.25) is 9.59 Å². The summed E-state index contributed by atoms with van der Waals surface area (Å²) in [5, 5.41) is 7.62. The van der Waals surface area contributed by atoms with Gasteiger partial charge in [0.1, 0.15) is 23.3 Å². The van der Waals surface area contributed by atoms with Gasteiger partial charge in [0.15, 0.2) is 11.9 Å². The summed E-state index contributed by atoms with van der Waals surface area (Å²) < 4.78 is 10.8. The number of fused-ring (bicyclic) bond motifs is 1. The first kappa shape index (κ1) is 28.0. The molecule has 0 saturated heterocycles. The number of methoxy groups -OCH3 is 2. The summed E-state index contributed by atoms with van der Waals surface area (Å²) in [7, 11) is 3.28. The summed E-state index contributed by atoms with van der Waals surface area (Å²) >= 11 is 0. The monoisotopic (exact) mass is 530 g/mol. The third-order valence-corrected chi connectivity index (χ3v) is 7.15. The van der Waals surface area contributed by atoms with Gasteiger partial charge >= 0.3 is 5.84 Å². The van der Waals surface area contributed by atoms with Crippen LogP contribution in [0, 0.1) is 6.92 Å². The molecule has 0 aliphatic carbocycles. The van der Waals surface area contributed by atoms with Crippen molar-refractivity contribution in [1.29, 1.82) is 0 Å². The molecule has 3 aromatic rings. The second-order valence-electron chi connectivity index (χ2n) is 9.84. The molecule has 1 aliphatic heterocycles. The third kappa shape index (κ3) is 7.07. The van der Waals surface area contributed by atoms with Gasteiger partial charge in [-0.1, -0.05) is 31.9 Å². The zero-order valence-corrected chi connectivity index (χ0v) is 23.2. The molecule has 1 amide bonds. The van der Waals surface area contributed by atoms with Crippen LogP contribution in [0.15, 0.2) is 48.7 Å². The van der Waals surface area contributed by atoms with Gasteiger partial charge < -0.3 is 19.8 Å². The normalized spacial score (nSPS) is 13.4. The van der Waals surface area contributed by atoms with E-state index in [1.807, 2.05) is 56.3 Å². The highest BCUT2D eigenvalue weighted by Gasteiger charge is 2.31. The third-order valence-electron chi connectivity index (χ3n) is 7.15. The molecule has 205 valence electrons. The van der Waals surface area contributed by atoms with Crippen molar-refractivity contribution in [3.8, 4) is 11.5 Å². The van der Waals surface area contributed by atoms with E-state index in [9.17, 15) is 9.59 Å². The lowest BCUT2D eigenvalue weighted by Crippen LogP contribution is -2.47. The quantitative estimate of drug-likeness (QED) is 0.260. The number of amidine groups is 1. The van der Waals surface area contributed by atoms with Crippen molar-refractivity contribution >= 4 is 34.1 Å². The molecule has 3 N–H and O–H groups in total. The predicted molar refractivity (Wildman–Crippen MR) is 155 cm³/mol. The van der Waals surface area contributed by atoms with Crippen LogP contribution in [-0.2, 0) is 16.0 Å². The molecule has 8 heteroatoms. The minimum atomic E-state index is -0.279. The van der Waals surface area contributed by atoms with Crippen LogP contribution in [0.1, 0.15) is 62.3 Å². The molecule has 1 unspecified atom stereocenters. The smallest absolute Gasteiger partial charge is 0.319 e. The summed E-state index contributed by atoms with van der Waals surface area (Å²) in [5.74, 6) is 2.44. The lowest BCUT2D eigenvalue weighted by Gasteiger charge is -2.16. The maximum absolute atomic E-state index is 13.4. The van der Waals surface area contributed by atoms with Gasteiger partial charge in [0.25, 0.3) is 0 Å². The molecule has 0 spiro atoms. The Hall–Kier alpha value is -4.07. The standard InChI is InChI=1S/C31H38N4O4/c1-5-22(36)11-7-6-8-13-28(31-32-19-29(35-31)21-10-9-12-23(16-21)38-3)34-30(37)18-25-20(2)33-27-15-14-24(39-4)17-26(25)27/h9-10,12,14-17,19,28,33,35H,5-8,11,13,18H2,1-4H3,(H,34,37)/q+1. The zero-order valence-electron chi connectivity index (χ0n) is 23.2. The number of aromatic amines is 1. The number of nitrogens with one attached hydrogen (secondary N) is 3. The van der Waals surface area contributed by atoms with Crippen LogP contribution < -0.4 is 25.1 Å². The molecule has 8 nitrogen and oxygen atoms in total. The van der Waals surface area contributed by atoms with Crippen molar-refractivity contribution in [3.05, 3.63) is 65.5 Å². The number of H-pyrrole nitrogens is 1. The minimum Gasteiger partial charge on any atom is -0.497 e. The number of ketones is 1. The van der Waals surface area contributed by atoms with Crippen LogP contribution in [-0.4, -0.2) is 42.8 Å². The second-order valence-corrected chi connectivity index (χ2v) is 9.84. The number of carbonyl (C=O) groups is 2. The van der Waals surface area contributed by atoms with Crippen molar-refractivity contribution in [1.82, 2.24) is 20.6 Å². The SMILES string of the molecule is CCC(=O)CCCCCC(NC(=O)Cc1c(C)[nH]c2ccc(OC)cc12)C1=[N+]C=C(c2cccc(OC)c2)N1. The van der Waals surface area contributed by atoms with Crippen molar-refractivity contribution in [2.75, 3.05) is 14.2 Å². The average molecular weight is 531 g/mol. The summed E-state index contributed by atoms with van der Waals surface area (Å²) in [6.45, 7) is 3.88. The largest absolute Gasteiger partial charge is 0.497 e. The number of ether oxygens (including phenoxy) is 2. The fourth-order valence-electron chi connectivity index (χ4n) is 4.87. The molecular weight excluding hydrogens is 492 g/mol. The van der Waals surface area contributed by atoms with Crippen LogP contribution in [0.5, 0.6) is 11.5 Å². The molecule has 39 heavy (non-hydrogen) atoms. The Morgan fingerprint density at radius 2 is 1.82 bits per heavy atom. The summed E-state index contributed by atoms with van der Waals surface area (Å²) in [6, 6.07) is 13.3. The van der Waals surface area contributed by atoms with E-state index < -0.39 is 0 Å². The van der Waals surface area contributed by atoms with E-state index in [4.69, 9.17) is 9.47 Å². The number of nitrogens with zero attached hydrogens (tertiary/aromatic N) is 1. The van der Waals surface area contributed by atoms with Crippen LogP contribution in [0.3, 0.4) is 0 Å². The van der Waals surface area contributed by atoms with Gasteiger partial charge in [0, 0.05) is 35.0 Å². The number of benzene rings is 2. The number of Topliss-reactive ketones (excluding diaryl/α,β-unsaturated/α-hetero) is 1. The van der Waals surface area contributed by atoms with Crippen LogP contribution in [0.25, 0.3) is 16.6 Å². The van der Waals surface area contributed by atoms with Crippen LogP contribution >= 0.6 is 0 Å². The van der Waals surface area contributed by atoms with Crippen molar-refractivity contribution in [2.45, 2.75) is 64.8 Å². The number of aliphatic imine (C=N–C) groups is 1. The van der Waals surface area contributed by atoms with Gasteiger partial charge in [-0.2, -0.15) is 0 Å². The first-order chi connectivity index (χ1) is 18.9. The molecule has 0 bridgehead atoms. The highest BCUT2D eigenvalue weighted by molar-refractivity contribution is 6.00. The van der Waals surface area contributed by atoms with E-state index in [1.165, 1.54) is 0 Å². The summed E-state index contributed by atoms with van der Waals surface area (Å²) in [6.07, 6.45) is 6.59. The lowest BCUT2D eigenvalue weighted by molar-refractivity contribution is -0.121. The molecule has 1 radical (unpaired) electrons. The average Bonchev–Trinajstić information content (AvgIpc) is 3.56. The lowest BCUT2D eigenvalue weighted by atomic mass is 10.0. The Balaban J connectivity index is 1.45. The van der Waals surface area contributed by atoms with Crippen molar-refractivity contribution < 1.29 is 19.1 Å².